The Balaban J connectivity index is 1.33. The van der Waals surface area contributed by atoms with E-state index in [1.54, 1.807) is 4.90 Å². The Morgan fingerprint density at radius 1 is 0.607 bits per heavy atom. The maximum atomic E-state index is 2.37. The lowest BCUT2D eigenvalue weighted by Crippen LogP contribution is -2.13. The van der Waals surface area contributed by atoms with E-state index in [-0.39, 0.29) is 0 Å². The molecular formula is C27H47S+. The molecule has 1 heteroatoms. The van der Waals surface area contributed by atoms with E-state index in [1.165, 1.54) is 121 Å². The van der Waals surface area contributed by atoms with Crippen LogP contribution in [0.15, 0.2) is 35.2 Å². The minimum atomic E-state index is 0.554. The van der Waals surface area contributed by atoms with Crippen LogP contribution in [-0.4, -0.2) is 11.0 Å². The highest BCUT2D eigenvalue weighted by Gasteiger charge is 2.41. The van der Waals surface area contributed by atoms with Gasteiger partial charge in [0.2, 0.25) is 0 Å². The normalized spacial score (nSPS) is 15.0. The van der Waals surface area contributed by atoms with E-state index in [9.17, 15) is 0 Å². The van der Waals surface area contributed by atoms with Gasteiger partial charge in [-0.3, -0.25) is 0 Å². The van der Waals surface area contributed by atoms with Crippen LogP contribution in [-0.2, 0) is 10.9 Å². The molecule has 0 amide bonds. The van der Waals surface area contributed by atoms with Gasteiger partial charge in [0.05, 0.1) is 0 Å². The molecule has 0 nitrogen and oxygen atoms in total. The summed E-state index contributed by atoms with van der Waals surface area (Å²) in [5.41, 5.74) is 0. The Morgan fingerprint density at radius 2 is 1.04 bits per heavy atom. The van der Waals surface area contributed by atoms with Crippen molar-refractivity contribution in [1.29, 1.82) is 0 Å². The zero-order valence-electron chi connectivity index (χ0n) is 18.8. The van der Waals surface area contributed by atoms with Crippen LogP contribution in [0.2, 0.25) is 0 Å². The van der Waals surface area contributed by atoms with E-state index in [1.807, 2.05) is 0 Å². The lowest BCUT2D eigenvalue weighted by molar-refractivity contribution is 0.531. The molecule has 1 aliphatic rings. The molecule has 1 aromatic rings. The van der Waals surface area contributed by atoms with Gasteiger partial charge in [-0.25, -0.2) is 0 Å². The largest absolute Gasteiger partial charge is 0.155 e. The smallest absolute Gasteiger partial charge is 0.0654 e. The van der Waals surface area contributed by atoms with Crippen LogP contribution in [0.4, 0.5) is 0 Å². The topological polar surface area (TPSA) is 0 Å². The first-order valence-electron chi connectivity index (χ1n) is 12.7. The molecule has 0 aliphatic heterocycles. The molecule has 0 bridgehead atoms. The van der Waals surface area contributed by atoms with Gasteiger partial charge < -0.3 is 0 Å². The maximum Gasteiger partial charge on any atom is 0.155 e. The molecule has 1 unspecified atom stereocenters. The van der Waals surface area contributed by atoms with E-state index in [0.717, 1.165) is 5.25 Å². The molecule has 160 valence electrons. The number of hydrogen-bond acceptors (Lipinski definition) is 0. The predicted molar refractivity (Wildman–Crippen MR) is 130 cm³/mol. The summed E-state index contributed by atoms with van der Waals surface area (Å²) in [5.74, 6) is 1.45. The second kappa shape index (κ2) is 16.4. The van der Waals surface area contributed by atoms with Crippen LogP contribution < -0.4 is 0 Å². The number of rotatable bonds is 19. The van der Waals surface area contributed by atoms with Crippen molar-refractivity contribution in [3.8, 4) is 0 Å². The average Bonchev–Trinajstić information content (AvgIpc) is 3.56. The Labute approximate surface area is 179 Å². The van der Waals surface area contributed by atoms with Crippen LogP contribution >= 0.6 is 0 Å². The fourth-order valence-corrected chi connectivity index (χ4v) is 6.91. The molecule has 0 N–H and O–H groups in total. The van der Waals surface area contributed by atoms with E-state index in [4.69, 9.17) is 0 Å². The molecule has 0 spiro atoms. The average molecular weight is 404 g/mol. The third-order valence-electron chi connectivity index (χ3n) is 6.19. The third-order valence-corrected chi connectivity index (χ3v) is 9.07. The highest BCUT2D eigenvalue weighted by molar-refractivity contribution is 7.97. The summed E-state index contributed by atoms with van der Waals surface area (Å²) in [6.45, 7) is 2.30. The van der Waals surface area contributed by atoms with Crippen molar-refractivity contribution in [2.75, 3.05) is 5.75 Å². The Kier molecular flexibility index (Phi) is 13.9. The van der Waals surface area contributed by atoms with Crippen molar-refractivity contribution < 1.29 is 0 Å². The minimum Gasteiger partial charge on any atom is -0.0654 e. The minimum absolute atomic E-state index is 0.554. The Hall–Kier alpha value is -0.430. The number of hydrogen-bond donors (Lipinski definition) is 0. The molecule has 0 aromatic heterocycles. The fourth-order valence-electron chi connectivity index (χ4n) is 4.23. The van der Waals surface area contributed by atoms with Gasteiger partial charge in [0.15, 0.2) is 4.90 Å². The highest BCUT2D eigenvalue weighted by atomic mass is 32.2. The maximum absolute atomic E-state index is 2.37. The molecular weight excluding hydrogens is 356 g/mol. The van der Waals surface area contributed by atoms with Gasteiger partial charge in [0, 0.05) is 23.7 Å². The Bertz CT molecular complexity index is 451. The summed E-state index contributed by atoms with van der Waals surface area (Å²) in [6.07, 6.45) is 26.4. The van der Waals surface area contributed by atoms with Crippen LogP contribution in [0, 0.1) is 0 Å². The van der Waals surface area contributed by atoms with E-state index >= 15 is 0 Å². The van der Waals surface area contributed by atoms with E-state index in [0.29, 0.717) is 10.9 Å². The highest BCUT2D eigenvalue weighted by Crippen LogP contribution is 2.36. The Morgan fingerprint density at radius 3 is 1.46 bits per heavy atom. The first kappa shape index (κ1) is 23.8. The molecule has 28 heavy (non-hydrogen) atoms. The molecule has 1 fully saturated rings. The van der Waals surface area contributed by atoms with Crippen LogP contribution in [0.3, 0.4) is 0 Å². The molecule has 1 atom stereocenters. The number of unbranched alkanes of at least 4 members (excludes halogenated alkanes) is 15. The summed E-state index contributed by atoms with van der Waals surface area (Å²) in [5, 5.41) is 1.03. The van der Waals surface area contributed by atoms with Crippen LogP contribution in [0.5, 0.6) is 0 Å². The zero-order chi connectivity index (χ0) is 19.7. The van der Waals surface area contributed by atoms with E-state index in [2.05, 4.69) is 37.3 Å². The molecule has 1 aromatic carbocycles. The van der Waals surface area contributed by atoms with Gasteiger partial charge >= 0.3 is 0 Å². The van der Waals surface area contributed by atoms with Gasteiger partial charge in [-0.15, -0.1) is 0 Å². The molecule has 0 radical (unpaired) electrons. The standard InChI is InChI=1S/C27H47S/c1-2-3-4-5-6-7-8-9-10-11-12-13-14-15-16-20-25-28(27-23-24-27)26-21-18-17-19-22-26/h17-19,21-22,27H,2-16,20,23-25H2,1H3/q+1. The molecule has 1 saturated carbocycles. The SMILES string of the molecule is CCCCCCCCCCCCCCCCCC[S+](c1ccccc1)C1CC1. The third kappa shape index (κ3) is 11.5. The van der Waals surface area contributed by atoms with Crippen molar-refractivity contribution in [1.82, 2.24) is 0 Å². The molecule has 0 saturated heterocycles. The van der Waals surface area contributed by atoms with Gasteiger partial charge in [-0.1, -0.05) is 115 Å². The predicted octanol–water partition coefficient (Wildman–Crippen LogP) is 9.09. The lowest BCUT2D eigenvalue weighted by atomic mass is 10.0. The lowest BCUT2D eigenvalue weighted by Gasteiger charge is -2.07. The van der Waals surface area contributed by atoms with Crippen molar-refractivity contribution in [2.24, 2.45) is 0 Å². The molecule has 0 heterocycles. The van der Waals surface area contributed by atoms with Crippen molar-refractivity contribution in [2.45, 2.75) is 133 Å². The van der Waals surface area contributed by atoms with Gasteiger partial charge in [-0.05, 0) is 25.0 Å². The monoisotopic (exact) mass is 403 g/mol. The summed E-state index contributed by atoms with van der Waals surface area (Å²) in [6, 6.07) is 11.4. The van der Waals surface area contributed by atoms with E-state index < -0.39 is 0 Å². The first-order valence-corrected chi connectivity index (χ1v) is 14.1. The van der Waals surface area contributed by atoms with Gasteiger partial charge in [0.25, 0.3) is 0 Å². The summed E-state index contributed by atoms with van der Waals surface area (Å²) in [4.78, 5) is 1.63. The van der Waals surface area contributed by atoms with Crippen molar-refractivity contribution in [3.05, 3.63) is 30.3 Å². The molecule has 1 aliphatic carbocycles. The van der Waals surface area contributed by atoms with Crippen molar-refractivity contribution >= 4 is 10.9 Å². The van der Waals surface area contributed by atoms with Gasteiger partial charge in [0.1, 0.15) is 11.0 Å². The van der Waals surface area contributed by atoms with Crippen molar-refractivity contribution in [3.63, 3.8) is 0 Å². The second-order valence-corrected chi connectivity index (χ2v) is 11.4. The fraction of sp³-hybridized carbons (Fsp3) is 0.778. The summed E-state index contributed by atoms with van der Waals surface area (Å²) in [7, 11) is 0.554. The quantitative estimate of drug-likeness (QED) is 0.159. The zero-order valence-corrected chi connectivity index (χ0v) is 19.6. The number of benzene rings is 1. The van der Waals surface area contributed by atoms with Crippen LogP contribution in [0.25, 0.3) is 0 Å². The second-order valence-electron chi connectivity index (χ2n) is 8.95. The summed E-state index contributed by atoms with van der Waals surface area (Å²) >= 11 is 0. The molecule has 2 rings (SSSR count). The first-order chi connectivity index (χ1) is 13.9. The van der Waals surface area contributed by atoms with Gasteiger partial charge in [-0.2, -0.15) is 0 Å². The van der Waals surface area contributed by atoms with Crippen LogP contribution in [0.1, 0.15) is 122 Å². The summed E-state index contributed by atoms with van der Waals surface area (Å²) < 4.78 is 0.